The average molecular weight is 272 g/mol. The molecule has 19 heavy (non-hydrogen) atoms. The molecule has 0 radical (unpaired) electrons. The first-order chi connectivity index (χ1) is 8.77. The summed E-state index contributed by atoms with van der Waals surface area (Å²) in [5.74, 6) is -2.93. The van der Waals surface area contributed by atoms with Crippen molar-refractivity contribution in [1.29, 1.82) is 0 Å². The van der Waals surface area contributed by atoms with Crippen LogP contribution in [0.25, 0.3) is 0 Å². The SMILES string of the molecule is C=CCN(CC(=O)O)C(=O)N(CC(N)=O)CC(N)=O. The monoisotopic (exact) mass is 272 g/mol. The number of aliphatic carboxylic acids is 1. The number of carboxylic acid groups (broad SMARTS) is 1. The zero-order chi connectivity index (χ0) is 15.0. The topological polar surface area (TPSA) is 147 Å². The van der Waals surface area contributed by atoms with Crippen LogP contribution in [0.5, 0.6) is 0 Å². The normalized spacial score (nSPS) is 9.47. The lowest BCUT2D eigenvalue weighted by molar-refractivity contribution is -0.137. The van der Waals surface area contributed by atoms with Crippen LogP contribution in [0, 0.1) is 0 Å². The highest BCUT2D eigenvalue weighted by Gasteiger charge is 2.24. The summed E-state index contributed by atoms with van der Waals surface area (Å²) in [7, 11) is 0. The van der Waals surface area contributed by atoms with Gasteiger partial charge in [0, 0.05) is 6.54 Å². The van der Waals surface area contributed by atoms with Gasteiger partial charge in [-0.25, -0.2) is 4.79 Å². The molecule has 0 aromatic rings. The molecule has 0 heterocycles. The molecular formula is C10H16N4O5. The van der Waals surface area contributed by atoms with Crippen LogP contribution in [0.1, 0.15) is 0 Å². The smallest absolute Gasteiger partial charge is 0.323 e. The zero-order valence-corrected chi connectivity index (χ0v) is 10.2. The van der Waals surface area contributed by atoms with Crippen LogP contribution in [0.2, 0.25) is 0 Å². The molecule has 0 atom stereocenters. The van der Waals surface area contributed by atoms with Gasteiger partial charge >= 0.3 is 12.0 Å². The number of nitrogens with two attached hydrogens (primary N) is 2. The number of carboxylic acids is 1. The van der Waals surface area contributed by atoms with E-state index in [9.17, 15) is 19.2 Å². The molecule has 0 rings (SSSR count). The van der Waals surface area contributed by atoms with Crippen molar-refractivity contribution in [3.05, 3.63) is 12.7 Å². The first-order valence-electron chi connectivity index (χ1n) is 5.21. The van der Waals surface area contributed by atoms with Crippen molar-refractivity contribution in [3.8, 4) is 0 Å². The van der Waals surface area contributed by atoms with Crippen LogP contribution >= 0.6 is 0 Å². The van der Waals surface area contributed by atoms with Crippen LogP contribution < -0.4 is 11.5 Å². The van der Waals surface area contributed by atoms with Gasteiger partial charge in [-0.1, -0.05) is 6.08 Å². The van der Waals surface area contributed by atoms with Crippen molar-refractivity contribution in [3.63, 3.8) is 0 Å². The molecule has 0 aliphatic heterocycles. The lowest BCUT2D eigenvalue weighted by Gasteiger charge is -2.27. The number of amides is 4. The standard InChI is InChI=1S/C10H16N4O5/c1-2-3-13(6-9(17)18)10(19)14(4-7(11)15)5-8(12)16/h2H,1,3-6H2,(H2,11,15)(H2,12,16)(H,17,18). The molecule has 0 aromatic carbocycles. The number of hydrogen-bond acceptors (Lipinski definition) is 4. The van der Waals surface area contributed by atoms with E-state index in [2.05, 4.69) is 6.58 Å². The molecule has 0 aliphatic carbocycles. The first-order valence-corrected chi connectivity index (χ1v) is 5.21. The molecule has 4 amide bonds. The van der Waals surface area contributed by atoms with Gasteiger partial charge < -0.3 is 26.4 Å². The Morgan fingerprint density at radius 1 is 1.00 bits per heavy atom. The molecular weight excluding hydrogens is 256 g/mol. The molecule has 106 valence electrons. The summed E-state index contributed by atoms with van der Waals surface area (Å²) in [6.45, 7) is 1.66. The molecule has 0 bridgehead atoms. The maximum absolute atomic E-state index is 12.0. The number of carbonyl (C=O) groups excluding carboxylic acids is 3. The van der Waals surface area contributed by atoms with E-state index in [1.54, 1.807) is 0 Å². The van der Waals surface area contributed by atoms with Crippen LogP contribution in [0.4, 0.5) is 4.79 Å². The van der Waals surface area contributed by atoms with Crippen molar-refractivity contribution in [2.24, 2.45) is 11.5 Å². The maximum Gasteiger partial charge on any atom is 0.323 e. The van der Waals surface area contributed by atoms with E-state index in [4.69, 9.17) is 16.6 Å². The quantitative estimate of drug-likeness (QED) is 0.435. The molecule has 0 fully saturated rings. The van der Waals surface area contributed by atoms with Crippen molar-refractivity contribution in [1.82, 2.24) is 9.80 Å². The lowest BCUT2D eigenvalue weighted by atomic mass is 10.4. The number of urea groups is 1. The maximum atomic E-state index is 12.0. The van der Waals surface area contributed by atoms with E-state index >= 15 is 0 Å². The molecule has 9 nitrogen and oxygen atoms in total. The Morgan fingerprint density at radius 3 is 1.79 bits per heavy atom. The summed E-state index contributed by atoms with van der Waals surface area (Å²) in [6.07, 6.45) is 1.31. The predicted molar refractivity (Wildman–Crippen MR) is 64.8 cm³/mol. The number of carbonyl (C=O) groups is 4. The second-order valence-corrected chi connectivity index (χ2v) is 3.63. The first kappa shape index (κ1) is 16.4. The average Bonchev–Trinajstić information content (AvgIpc) is 2.24. The Hall–Kier alpha value is -2.58. The van der Waals surface area contributed by atoms with E-state index < -0.39 is 43.4 Å². The zero-order valence-electron chi connectivity index (χ0n) is 10.2. The minimum atomic E-state index is -1.24. The van der Waals surface area contributed by atoms with Crippen molar-refractivity contribution in [2.75, 3.05) is 26.2 Å². The summed E-state index contributed by atoms with van der Waals surface area (Å²) in [4.78, 5) is 45.9. The van der Waals surface area contributed by atoms with Crippen LogP contribution in [-0.2, 0) is 14.4 Å². The minimum absolute atomic E-state index is 0.0564. The second-order valence-electron chi connectivity index (χ2n) is 3.63. The second kappa shape index (κ2) is 7.69. The van der Waals surface area contributed by atoms with E-state index in [1.807, 2.05) is 0 Å². The molecule has 0 saturated heterocycles. The number of hydrogen-bond donors (Lipinski definition) is 3. The molecule has 0 aromatic heterocycles. The van der Waals surface area contributed by atoms with Crippen molar-refractivity contribution >= 4 is 23.8 Å². The highest BCUT2D eigenvalue weighted by atomic mass is 16.4. The lowest BCUT2D eigenvalue weighted by Crippen LogP contribution is -2.50. The Kier molecular flexibility index (Phi) is 6.65. The largest absolute Gasteiger partial charge is 0.480 e. The fourth-order valence-electron chi connectivity index (χ4n) is 1.30. The fourth-order valence-corrected chi connectivity index (χ4v) is 1.30. The summed E-state index contributed by atoms with van der Waals surface area (Å²) in [5.41, 5.74) is 9.88. The molecule has 0 unspecified atom stereocenters. The van der Waals surface area contributed by atoms with Crippen molar-refractivity contribution < 1.29 is 24.3 Å². The third-order valence-corrected chi connectivity index (χ3v) is 1.91. The fraction of sp³-hybridized carbons (Fsp3) is 0.400. The highest BCUT2D eigenvalue weighted by molar-refractivity contribution is 5.88. The Morgan fingerprint density at radius 2 is 1.47 bits per heavy atom. The van der Waals surface area contributed by atoms with E-state index in [-0.39, 0.29) is 6.54 Å². The third kappa shape index (κ3) is 6.66. The summed E-state index contributed by atoms with van der Waals surface area (Å²) in [5, 5.41) is 8.68. The van der Waals surface area contributed by atoms with Gasteiger partial charge in [0.15, 0.2) is 0 Å². The number of nitrogens with zero attached hydrogens (tertiary/aromatic N) is 2. The van der Waals surface area contributed by atoms with Crippen LogP contribution in [-0.4, -0.2) is 64.9 Å². The van der Waals surface area contributed by atoms with Gasteiger partial charge in [-0.15, -0.1) is 6.58 Å². The molecule has 0 aliphatic rings. The minimum Gasteiger partial charge on any atom is -0.480 e. The molecule has 5 N–H and O–H groups in total. The Labute approximate surface area is 109 Å². The summed E-state index contributed by atoms with van der Waals surface area (Å²) < 4.78 is 0. The number of primary amides is 2. The molecule has 0 saturated carbocycles. The van der Waals surface area contributed by atoms with Crippen molar-refractivity contribution in [2.45, 2.75) is 0 Å². The third-order valence-electron chi connectivity index (χ3n) is 1.91. The molecule has 9 heteroatoms. The van der Waals surface area contributed by atoms with E-state index in [1.165, 1.54) is 6.08 Å². The Balaban J connectivity index is 4.97. The Bertz CT molecular complexity index is 379. The van der Waals surface area contributed by atoms with Gasteiger partial charge in [0.1, 0.15) is 19.6 Å². The summed E-state index contributed by atoms with van der Waals surface area (Å²) >= 11 is 0. The predicted octanol–water partition coefficient (Wildman–Crippen LogP) is -2.05. The van der Waals surface area contributed by atoms with Crippen LogP contribution in [0.3, 0.4) is 0 Å². The van der Waals surface area contributed by atoms with Gasteiger partial charge in [-0.2, -0.15) is 0 Å². The van der Waals surface area contributed by atoms with E-state index in [0.29, 0.717) is 0 Å². The van der Waals surface area contributed by atoms with Gasteiger partial charge in [-0.05, 0) is 0 Å². The van der Waals surface area contributed by atoms with Gasteiger partial charge in [-0.3, -0.25) is 14.4 Å². The van der Waals surface area contributed by atoms with Crippen LogP contribution in [0.15, 0.2) is 12.7 Å². The van der Waals surface area contributed by atoms with Gasteiger partial charge in [0.05, 0.1) is 0 Å². The number of rotatable bonds is 8. The molecule has 0 spiro atoms. The van der Waals surface area contributed by atoms with Gasteiger partial charge in [0.2, 0.25) is 11.8 Å². The summed E-state index contributed by atoms with van der Waals surface area (Å²) in [6, 6.07) is -0.833. The van der Waals surface area contributed by atoms with E-state index in [0.717, 1.165) is 9.80 Å². The highest BCUT2D eigenvalue weighted by Crippen LogP contribution is 2.00. The van der Waals surface area contributed by atoms with Gasteiger partial charge in [0.25, 0.3) is 0 Å².